The van der Waals surface area contributed by atoms with E-state index in [0.29, 0.717) is 25.1 Å². The van der Waals surface area contributed by atoms with Crippen molar-refractivity contribution in [3.8, 4) is 0 Å². The van der Waals surface area contributed by atoms with Gasteiger partial charge in [0.05, 0.1) is 19.3 Å². The van der Waals surface area contributed by atoms with Gasteiger partial charge in [0.2, 0.25) is 0 Å². The SMILES string of the molecule is O=C(O)N1CCC(c2ccccc2F)C(OCc2ccc3ccccc3c2)C1. The number of amides is 1. The summed E-state index contributed by atoms with van der Waals surface area (Å²) in [5, 5.41) is 11.7. The summed E-state index contributed by atoms with van der Waals surface area (Å²) < 4.78 is 20.5. The molecule has 3 aromatic rings. The number of hydrogen-bond acceptors (Lipinski definition) is 2. The molecule has 2 unspecified atom stereocenters. The van der Waals surface area contributed by atoms with Gasteiger partial charge < -0.3 is 14.7 Å². The quantitative estimate of drug-likeness (QED) is 0.692. The molecule has 1 amide bonds. The molecule has 1 N–H and O–H groups in total. The first-order chi connectivity index (χ1) is 13.6. The van der Waals surface area contributed by atoms with Crippen LogP contribution in [-0.2, 0) is 11.3 Å². The molecule has 4 rings (SSSR count). The average Bonchev–Trinajstić information content (AvgIpc) is 2.72. The third kappa shape index (κ3) is 3.85. The number of ether oxygens (including phenoxy) is 1. The van der Waals surface area contributed by atoms with Gasteiger partial charge in [-0.25, -0.2) is 9.18 Å². The molecule has 1 saturated heterocycles. The number of benzene rings is 3. The number of fused-ring (bicyclic) bond motifs is 1. The van der Waals surface area contributed by atoms with Crippen molar-refractivity contribution in [1.82, 2.24) is 4.90 Å². The summed E-state index contributed by atoms with van der Waals surface area (Å²) >= 11 is 0. The lowest BCUT2D eigenvalue weighted by atomic mass is 9.86. The topological polar surface area (TPSA) is 49.8 Å². The zero-order valence-electron chi connectivity index (χ0n) is 15.4. The van der Waals surface area contributed by atoms with Crippen molar-refractivity contribution in [2.45, 2.75) is 25.0 Å². The second-order valence-electron chi connectivity index (χ2n) is 7.18. The molecular formula is C23H22FNO3. The minimum Gasteiger partial charge on any atom is -0.465 e. The molecule has 1 heterocycles. The van der Waals surface area contributed by atoms with E-state index >= 15 is 0 Å². The Kier molecular flexibility index (Phi) is 5.26. The first-order valence-electron chi connectivity index (χ1n) is 9.43. The fourth-order valence-corrected chi connectivity index (χ4v) is 3.92. The van der Waals surface area contributed by atoms with Crippen LogP contribution in [-0.4, -0.2) is 35.3 Å². The Hall–Kier alpha value is -2.92. The highest BCUT2D eigenvalue weighted by molar-refractivity contribution is 5.82. The minimum absolute atomic E-state index is 0.169. The van der Waals surface area contributed by atoms with Crippen molar-refractivity contribution in [3.63, 3.8) is 0 Å². The van der Waals surface area contributed by atoms with Gasteiger partial charge in [-0.05, 0) is 40.5 Å². The highest BCUT2D eigenvalue weighted by Crippen LogP contribution is 2.32. The predicted octanol–water partition coefficient (Wildman–Crippen LogP) is 5.03. The summed E-state index contributed by atoms with van der Waals surface area (Å²) in [4.78, 5) is 12.8. The van der Waals surface area contributed by atoms with E-state index in [1.165, 1.54) is 11.0 Å². The maximum Gasteiger partial charge on any atom is 0.407 e. The van der Waals surface area contributed by atoms with E-state index in [1.807, 2.05) is 36.4 Å². The molecule has 1 aliphatic heterocycles. The van der Waals surface area contributed by atoms with E-state index in [2.05, 4.69) is 12.1 Å². The number of rotatable bonds is 4. The zero-order valence-corrected chi connectivity index (χ0v) is 15.4. The van der Waals surface area contributed by atoms with Gasteiger partial charge in [-0.15, -0.1) is 0 Å². The van der Waals surface area contributed by atoms with Gasteiger partial charge in [-0.2, -0.15) is 0 Å². The van der Waals surface area contributed by atoms with Gasteiger partial charge in [0.25, 0.3) is 0 Å². The third-order valence-electron chi connectivity index (χ3n) is 5.41. The van der Waals surface area contributed by atoms with E-state index in [-0.39, 0.29) is 18.3 Å². The molecule has 0 radical (unpaired) electrons. The molecule has 1 fully saturated rings. The summed E-state index contributed by atoms with van der Waals surface area (Å²) in [6, 6.07) is 20.9. The number of hydrogen-bond donors (Lipinski definition) is 1. The summed E-state index contributed by atoms with van der Waals surface area (Å²) in [6.45, 7) is 0.972. The number of nitrogens with zero attached hydrogens (tertiary/aromatic N) is 1. The molecule has 0 aromatic heterocycles. The molecular weight excluding hydrogens is 357 g/mol. The Labute approximate surface area is 163 Å². The van der Waals surface area contributed by atoms with Gasteiger partial charge in [0.1, 0.15) is 5.82 Å². The predicted molar refractivity (Wildman–Crippen MR) is 106 cm³/mol. The minimum atomic E-state index is -0.966. The van der Waals surface area contributed by atoms with E-state index in [4.69, 9.17) is 4.74 Å². The number of carboxylic acid groups (broad SMARTS) is 1. The summed E-state index contributed by atoms with van der Waals surface area (Å²) in [6.07, 6.45) is -0.824. The fourth-order valence-electron chi connectivity index (χ4n) is 3.92. The van der Waals surface area contributed by atoms with Crippen LogP contribution < -0.4 is 0 Å². The van der Waals surface area contributed by atoms with Crippen LogP contribution in [0, 0.1) is 5.82 Å². The largest absolute Gasteiger partial charge is 0.465 e. The molecule has 3 aromatic carbocycles. The lowest BCUT2D eigenvalue weighted by Gasteiger charge is -2.37. The summed E-state index contributed by atoms with van der Waals surface area (Å²) in [5.41, 5.74) is 1.61. The smallest absolute Gasteiger partial charge is 0.407 e. The van der Waals surface area contributed by atoms with Gasteiger partial charge in [-0.1, -0.05) is 54.6 Å². The zero-order chi connectivity index (χ0) is 19.5. The van der Waals surface area contributed by atoms with Crippen LogP contribution in [0.3, 0.4) is 0 Å². The van der Waals surface area contributed by atoms with Crippen LogP contribution in [0.25, 0.3) is 10.8 Å². The first kappa shape index (κ1) is 18.4. The summed E-state index contributed by atoms with van der Waals surface area (Å²) in [7, 11) is 0. The molecule has 144 valence electrons. The Morgan fingerprint density at radius 1 is 1.07 bits per heavy atom. The normalized spacial score (nSPS) is 19.7. The molecule has 4 nitrogen and oxygen atoms in total. The molecule has 0 saturated carbocycles. The van der Waals surface area contributed by atoms with Crippen LogP contribution in [0.1, 0.15) is 23.5 Å². The van der Waals surface area contributed by atoms with Crippen molar-refractivity contribution < 1.29 is 19.0 Å². The molecule has 2 atom stereocenters. The van der Waals surface area contributed by atoms with Crippen molar-refractivity contribution in [3.05, 3.63) is 83.7 Å². The molecule has 5 heteroatoms. The molecule has 0 aliphatic carbocycles. The number of halogens is 1. The van der Waals surface area contributed by atoms with Crippen molar-refractivity contribution in [2.24, 2.45) is 0 Å². The first-order valence-corrected chi connectivity index (χ1v) is 9.43. The fraction of sp³-hybridized carbons (Fsp3) is 0.261. The highest BCUT2D eigenvalue weighted by Gasteiger charge is 2.34. The van der Waals surface area contributed by atoms with E-state index < -0.39 is 12.2 Å². The average molecular weight is 379 g/mol. The monoisotopic (exact) mass is 379 g/mol. The van der Waals surface area contributed by atoms with Crippen LogP contribution >= 0.6 is 0 Å². The lowest BCUT2D eigenvalue weighted by Crippen LogP contribution is -2.46. The van der Waals surface area contributed by atoms with E-state index in [0.717, 1.165) is 16.3 Å². The van der Waals surface area contributed by atoms with Crippen LogP contribution in [0.4, 0.5) is 9.18 Å². The van der Waals surface area contributed by atoms with Gasteiger partial charge in [0, 0.05) is 12.5 Å². The van der Waals surface area contributed by atoms with Crippen LogP contribution in [0.5, 0.6) is 0 Å². The summed E-state index contributed by atoms with van der Waals surface area (Å²) in [5.74, 6) is -0.437. The second kappa shape index (κ2) is 7.98. The maximum atomic E-state index is 14.4. The Bertz CT molecular complexity index is 990. The van der Waals surface area contributed by atoms with Gasteiger partial charge >= 0.3 is 6.09 Å². The Morgan fingerprint density at radius 3 is 2.61 bits per heavy atom. The third-order valence-corrected chi connectivity index (χ3v) is 5.41. The van der Waals surface area contributed by atoms with Crippen molar-refractivity contribution >= 4 is 16.9 Å². The maximum absolute atomic E-state index is 14.4. The van der Waals surface area contributed by atoms with Gasteiger partial charge in [0.15, 0.2) is 0 Å². The number of carbonyl (C=O) groups is 1. The Morgan fingerprint density at radius 2 is 1.82 bits per heavy atom. The number of piperidine rings is 1. The van der Waals surface area contributed by atoms with Crippen molar-refractivity contribution in [1.29, 1.82) is 0 Å². The van der Waals surface area contributed by atoms with E-state index in [1.54, 1.807) is 12.1 Å². The van der Waals surface area contributed by atoms with Gasteiger partial charge in [-0.3, -0.25) is 0 Å². The molecule has 28 heavy (non-hydrogen) atoms. The number of likely N-dealkylation sites (tertiary alicyclic amines) is 1. The molecule has 1 aliphatic rings. The lowest BCUT2D eigenvalue weighted by molar-refractivity contribution is -0.0205. The van der Waals surface area contributed by atoms with E-state index in [9.17, 15) is 14.3 Å². The Balaban J connectivity index is 1.55. The highest BCUT2D eigenvalue weighted by atomic mass is 19.1. The molecule has 0 spiro atoms. The van der Waals surface area contributed by atoms with Crippen LogP contribution in [0.15, 0.2) is 66.7 Å². The molecule has 0 bridgehead atoms. The van der Waals surface area contributed by atoms with Crippen LogP contribution in [0.2, 0.25) is 0 Å². The standard InChI is InChI=1S/C23H22FNO3/c24-21-8-4-3-7-19(21)20-11-12-25(23(26)27)14-22(20)28-15-16-9-10-17-5-1-2-6-18(17)13-16/h1-10,13,20,22H,11-12,14-15H2,(H,26,27). The second-order valence-corrected chi connectivity index (χ2v) is 7.18. The van der Waals surface area contributed by atoms with Crippen molar-refractivity contribution in [2.75, 3.05) is 13.1 Å².